The molecule has 0 bridgehead atoms. The molecule has 162 valence electrons. The summed E-state index contributed by atoms with van der Waals surface area (Å²) in [5, 5.41) is 22.0. The predicted octanol–water partition coefficient (Wildman–Crippen LogP) is 4.51. The molecule has 0 saturated heterocycles. The highest BCUT2D eigenvalue weighted by atomic mass is 79.9. The molecule has 4 aromatic rings. The Morgan fingerprint density at radius 3 is 2.72 bits per heavy atom. The number of aliphatic hydroxyl groups is 1. The quantitative estimate of drug-likeness (QED) is 0.312. The van der Waals surface area contributed by atoms with Crippen molar-refractivity contribution in [1.29, 1.82) is 0 Å². The van der Waals surface area contributed by atoms with Crippen LogP contribution in [0.5, 0.6) is 0 Å². The summed E-state index contributed by atoms with van der Waals surface area (Å²) in [6.07, 6.45) is 1.66. The number of aromatic nitrogens is 3. The van der Waals surface area contributed by atoms with E-state index in [4.69, 9.17) is 5.11 Å². The number of nitrogens with one attached hydrogen (secondary N) is 1. The Bertz CT molecular complexity index is 1290. The SMILES string of the molecule is CC(O)C(N=Cc1cnc2c(Nc3cccc(-c4ccccc4)c3Br)nsc2n1)C(=O)O. The Kier molecular flexibility index (Phi) is 6.54. The topological polar surface area (TPSA) is 121 Å². The number of anilines is 2. The van der Waals surface area contributed by atoms with Crippen molar-refractivity contribution in [2.75, 3.05) is 5.32 Å². The van der Waals surface area contributed by atoms with E-state index in [-0.39, 0.29) is 0 Å². The van der Waals surface area contributed by atoms with Gasteiger partial charge in [0, 0.05) is 10.7 Å². The van der Waals surface area contributed by atoms with E-state index in [1.165, 1.54) is 30.9 Å². The van der Waals surface area contributed by atoms with Crippen molar-refractivity contribution in [3.05, 3.63) is 64.9 Å². The fourth-order valence-electron chi connectivity index (χ4n) is 3.04. The number of hydrogen-bond acceptors (Lipinski definition) is 8. The lowest BCUT2D eigenvalue weighted by Gasteiger charge is -2.11. The Labute approximate surface area is 196 Å². The summed E-state index contributed by atoms with van der Waals surface area (Å²) in [5.41, 5.74) is 3.95. The second-order valence-electron chi connectivity index (χ2n) is 6.94. The zero-order valence-electron chi connectivity index (χ0n) is 16.8. The van der Waals surface area contributed by atoms with Crippen LogP contribution in [-0.4, -0.2) is 48.9 Å². The molecular formula is C22H18BrN5O3S. The Morgan fingerprint density at radius 2 is 2.00 bits per heavy atom. The van der Waals surface area contributed by atoms with Gasteiger partial charge in [0.05, 0.1) is 18.0 Å². The molecule has 0 aliphatic heterocycles. The molecule has 8 nitrogen and oxygen atoms in total. The number of aliphatic hydroxyl groups excluding tert-OH is 1. The summed E-state index contributed by atoms with van der Waals surface area (Å²) in [6, 6.07) is 14.7. The van der Waals surface area contributed by atoms with Gasteiger partial charge in [-0.25, -0.2) is 14.8 Å². The van der Waals surface area contributed by atoms with Crippen LogP contribution in [0.4, 0.5) is 11.5 Å². The second-order valence-corrected chi connectivity index (χ2v) is 8.48. The normalized spacial score (nSPS) is 13.3. The van der Waals surface area contributed by atoms with E-state index in [0.717, 1.165) is 21.3 Å². The molecule has 0 spiro atoms. The molecule has 2 aromatic heterocycles. The monoisotopic (exact) mass is 511 g/mol. The molecule has 0 saturated carbocycles. The number of aliphatic carboxylic acids is 1. The minimum Gasteiger partial charge on any atom is -0.480 e. The van der Waals surface area contributed by atoms with Crippen LogP contribution in [-0.2, 0) is 4.79 Å². The third-order valence-corrected chi connectivity index (χ3v) is 6.21. The number of carboxylic acids is 1. The molecule has 0 aliphatic carbocycles. The average Bonchev–Trinajstić information content (AvgIpc) is 3.17. The summed E-state index contributed by atoms with van der Waals surface area (Å²) in [6.45, 7) is 1.37. The van der Waals surface area contributed by atoms with Gasteiger partial charge in [-0.1, -0.05) is 42.5 Å². The van der Waals surface area contributed by atoms with Gasteiger partial charge in [-0.2, -0.15) is 4.37 Å². The van der Waals surface area contributed by atoms with Crippen molar-refractivity contribution in [1.82, 2.24) is 14.3 Å². The van der Waals surface area contributed by atoms with Gasteiger partial charge in [-0.3, -0.25) is 4.99 Å². The summed E-state index contributed by atoms with van der Waals surface area (Å²) in [5.74, 6) is -0.642. The third kappa shape index (κ3) is 4.67. The van der Waals surface area contributed by atoms with Crippen LogP contribution in [0.25, 0.3) is 21.5 Å². The fraction of sp³-hybridized carbons (Fsp3) is 0.136. The third-order valence-electron chi connectivity index (χ3n) is 4.62. The molecule has 0 aliphatic rings. The molecule has 0 amide bonds. The van der Waals surface area contributed by atoms with E-state index in [1.54, 1.807) is 0 Å². The van der Waals surface area contributed by atoms with Gasteiger partial charge < -0.3 is 15.5 Å². The van der Waals surface area contributed by atoms with Crippen molar-refractivity contribution < 1.29 is 15.0 Å². The first kappa shape index (κ1) is 22.0. The maximum absolute atomic E-state index is 11.2. The first-order valence-corrected chi connectivity index (χ1v) is 11.2. The predicted molar refractivity (Wildman–Crippen MR) is 129 cm³/mol. The molecule has 4 rings (SSSR count). The second kappa shape index (κ2) is 9.51. The lowest BCUT2D eigenvalue weighted by Crippen LogP contribution is -2.30. The molecule has 0 fully saturated rings. The number of carbonyl (C=O) groups is 1. The maximum Gasteiger partial charge on any atom is 0.331 e. The van der Waals surface area contributed by atoms with Gasteiger partial charge >= 0.3 is 5.97 Å². The van der Waals surface area contributed by atoms with Crippen LogP contribution in [0.2, 0.25) is 0 Å². The number of nitrogens with zero attached hydrogens (tertiary/aromatic N) is 4. The van der Waals surface area contributed by atoms with Crippen LogP contribution >= 0.6 is 27.5 Å². The number of carboxylic acid groups (broad SMARTS) is 1. The van der Waals surface area contributed by atoms with Gasteiger partial charge in [0.15, 0.2) is 16.7 Å². The van der Waals surface area contributed by atoms with Crippen molar-refractivity contribution in [3.63, 3.8) is 0 Å². The van der Waals surface area contributed by atoms with Crippen LogP contribution in [0.1, 0.15) is 12.6 Å². The minimum absolute atomic E-state index is 0.381. The molecular weight excluding hydrogens is 494 g/mol. The zero-order chi connectivity index (χ0) is 22.7. The highest BCUT2D eigenvalue weighted by molar-refractivity contribution is 9.10. The van der Waals surface area contributed by atoms with Crippen molar-refractivity contribution in [2.24, 2.45) is 4.99 Å². The standard InChI is InChI=1S/C22H18BrN5O3S/c1-12(29)18(22(30)31)24-10-14-11-25-19-20(28-32-21(19)26-14)27-16-9-5-8-15(17(16)23)13-6-3-2-4-7-13/h2-12,18,29H,1H3,(H,27,28)(H,30,31). The highest BCUT2D eigenvalue weighted by Crippen LogP contribution is 2.36. The summed E-state index contributed by atoms with van der Waals surface area (Å²) >= 11 is 4.86. The first-order valence-electron chi connectivity index (χ1n) is 9.61. The van der Waals surface area contributed by atoms with Crippen molar-refractivity contribution in [2.45, 2.75) is 19.1 Å². The zero-order valence-corrected chi connectivity index (χ0v) is 19.2. The molecule has 3 N–H and O–H groups in total. The lowest BCUT2D eigenvalue weighted by molar-refractivity contribution is -0.140. The Balaban J connectivity index is 1.60. The van der Waals surface area contributed by atoms with Crippen LogP contribution in [0, 0.1) is 0 Å². The van der Waals surface area contributed by atoms with Crippen LogP contribution < -0.4 is 5.32 Å². The van der Waals surface area contributed by atoms with Gasteiger partial charge in [-0.15, -0.1) is 0 Å². The maximum atomic E-state index is 11.2. The number of hydrogen-bond donors (Lipinski definition) is 3. The number of rotatable bonds is 7. The van der Waals surface area contributed by atoms with Gasteiger partial charge in [-0.05, 0) is 51.6 Å². The van der Waals surface area contributed by atoms with E-state index in [9.17, 15) is 9.90 Å². The summed E-state index contributed by atoms with van der Waals surface area (Å²) in [4.78, 5) is 24.5. The number of aliphatic imine (C=N–C) groups is 1. The first-order chi connectivity index (χ1) is 15.4. The molecule has 2 heterocycles. The fourth-order valence-corrected chi connectivity index (χ4v) is 4.32. The smallest absolute Gasteiger partial charge is 0.331 e. The molecule has 2 unspecified atom stereocenters. The molecule has 10 heteroatoms. The van der Waals surface area contributed by atoms with E-state index in [1.807, 2.05) is 48.5 Å². The van der Waals surface area contributed by atoms with Gasteiger partial charge in [0.25, 0.3) is 0 Å². The average molecular weight is 512 g/mol. The Hall–Kier alpha value is -3.21. The van der Waals surface area contributed by atoms with E-state index >= 15 is 0 Å². The van der Waals surface area contributed by atoms with Crippen LogP contribution in [0.3, 0.4) is 0 Å². The van der Waals surface area contributed by atoms with Crippen molar-refractivity contribution in [3.8, 4) is 11.1 Å². The highest BCUT2D eigenvalue weighted by Gasteiger charge is 2.21. The number of benzene rings is 2. The van der Waals surface area contributed by atoms with Crippen molar-refractivity contribution >= 4 is 61.5 Å². The molecule has 2 aromatic carbocycles. The van der Waals surface area contributed by atoms with Crippen LogP contribution in [0.15, 0.2) is 64.2 Å². The minimum atomic E-state index is -1.26. The van der Waals surface area contributed by atoms with Gasteiger partial charge in [0.2, 0.25) is 0 Å². The lowest BCUT2D eigenvalue weighted by atomic mass is 10.1. The molecule has 2 atom stereocenters. The van der Waals surface area contributed by atoms with Gasteiger partial charge in [0.1, 0.15) is 11.2 Å². The summed E-state index contributed by atoms with van der Waals surface area (Å²) in [7, 11) is 0. The number of fused-ring (bicyclic) bond motifs is 1. The molecule has 0 radical (unpaired) electrons. The van der Waals surface area contributed by atoms with E-state index in [0.29, 0.717) is 21.9 Å². The summed E-state index contributed by atoms with van der Waals surface area (Å²) < 4.78 is 5.34. The molecule has 32 heavy (non-hydrogen) atoms. The van der Waals surface area contributed by atoms with E-state index in [2.05, 4.69) is 40.6 Å². The number of halogens is 1. The Morgan fingerprint density at radius 1 is 1.22 bits per heavy atom. The largest absolute Gasteiger partial charge is 0.480 e. The van der Waals surface area contributed by atoms with E-state index < -0.39 is 18.1 Å².